The second kappa shape index (κ2) is 6.55. The lowest BCUT2D eigenvalue weighted by atomic mass is 9.91. The quantitative estimate of drug-likeness (QED) is 0.154. The van der Waals surface area contributed by atoms with Crippen molar-refractivity contribution in [3.8, 4) is 6.07 Å². The molecule has 0 aliphatic rings. The molecular weight excluding hydrogens is 380 g/mol. The van der Waals surface area contributed by atoms with Crippen molar-refractivity contribution in [1.82, 2.24) is 4.98 Å². The van der Waals surface area contributed by atoms with Crippen molar-refractivity contribution in [3.05, 3.63) is 102 Å². The lowest BCUT2D eigenvalue weighted by Crippen LogP contribution is -2.01. The molecule has 0 fully saturated rings. The molecule has 6 aromatic rings. The van der Waals surface area contributed by atoms with E-state index in [4.69, 9.17) is 0 Å². The van der Waals surface area contributed by atoms with Gasteiger partial charge in [0.15, 0.2) is 0 Å². The van der Waals surface area contributed by atoms with Crippen molar-refractivity contribution >= 4 is 55.1 Å². The Labute approximate surface area is 178 Å². The lowest BCUT2D eigenvalue weighted by Gasteiger charge is -2.12. The molecule has 0 aliphatic heterocycles. The van der Waals surface area contributed by atoms with E-state index in [1.54, 1.807) is 12.3 Å². The molecule has 0 atom stereocenters. The number of allylic oxidation sites excluding steroid dienone is 1. The minimum Gasteiger partial charge on any atom is -0.360 e. The van der Waals surface area contributed by atoms with Gasteiger partial charge < -0.3 is 4.98 Å². The molecule has 0 bridgehead atoms. The highest BCUT2D eigenvalue weighted by Crippen LogP contribution is 2.36. The number of carbonyl (C=O) groups excluding carboxylic acids is 1. The number of fused-ring (bicyclic) bond motifs is 1. The monoisotopic (exact) mass is 396 g/mol. The zero-order valence-corrected chi connectivity index (χ0v) is 16.5. The normalized spacial score (nSPS) is 12.2. The summed E-state index contributed by atoms with van der Waals surface area (Å²) in [5.74, 6) is -0.273. The Morgan fingerprint density at radius 3 is 2.29 bits per heavy atom. The van der Waals surface area contributed by atoms with Gasteiger partial charge in [-0.3, -0.25) is 4.79 Å². The third kappa shape index (κ3) is 2.56. The first-order chi connectivity index (χ1) is 15.2. The first-order valence-corrected chi connectivity index (χ1v) is 10.1. The molecule has 1 N–H and O–H groups in total. The zero-order valence-electron chi connectivity index (χ0n) is 16.5. The molecule has 1 heterocycles. The Morgan fingerprint density at radius 1 is 0.774 bits per heavy atom. The first kappa shape index (κ1) is 17.4. The van der Waals surface area contributed by atoms with Gasteiger partial charge in [-0.15, -0.1) is 0 Å². The number of rotatable bonds is 3. The fraction of sp³-hybridized carbons (Fsp3) is 0. The molecule has 0 spiro atoms. The molecule has 0 unspecified atom stereocenters. The number of Topliss-reactive ketones (excluding diaryl/α,β-unsaturated/α-hetero) is 1. The smallest absolute Gasteiger partial charge is 0.205 e. The van der Waals surface area contributed by atoms with E-state index >= 15 is 0 Å². The van der Waals surface area contributed by atoms with Crippen LogP contribution in [0.4, 0.5) is 0 Å². The SMILES string of the molecule is N#C/C(=C\c1ccc2ccc3cccc4ccc1c2c34)C(=O)c1c[nH]c2ccccc12. The minimum absolute atomic E-state index is 0.125. The molecule has 6 rings (SSSR count). The van der Waals surface area contributed by atoms with Crippen LogP contribution in [0, 0.1) is 11.3 Å². The molecule has 5 aromatic carbocycles. The predicted molar refractivity (Wildman–Crippen MR) is 126 cm³/mol. The number of nitrogens with one attached hydrogen (secondary N) is 1. The third-order valence-corrected chi connectivity index (χ3v) is 6.06. The van der Waals surface area contributed by atoms with E-state index in [-0.39, 0.29) is 11.4 Å². The topological polar surface area (TPSA) is 56.6 Å². The average Bonchev–Trinajstić information content (AvgIpc) is 3.25. The van der Waals surface area contributed by atoms with Gasteiger partial charge in [-0.25, -0.2) is 0 Å². The van der Waals surface area contributed by atoms with Crippen LogP contribution in [-0.4, -0.2) is 10.8 Å². The maximum atomic E-state index is 13.2. The minimum atomic E-state index is -0.273. The number of nitrogens with zero attached hydrogens (tertiary/aromatic N) is 1. The first-order valence-electron chi connectivity index (χ1n) is 10.1. The van der Waals surface area contributed by atoms with Crippen molar-refractivity contribution < 1.29 is 4.79 Å². The number of aromatic amines is 1. The van der Waals surface area contributed by atoms with E-state index in [1.165, 1.54) is 21.5 Å². The zero-order chi connectivity index (χ0) is 20.9. The molecular formula is C28H16N2O. The number of nitriles is 1. The van der Waals surface area contributed by atoms with Crippen LogP contribution in [0.5, 0.6) is 0 Å². The molecule has 31 heavy (non-hydrogen) atoms. The van der Waals surface area contributed by atoms with Crippen LogP contribution in [0.2, 0.25) is 0 Å². The number of aromatic nitrogens is 1. The van der Waals surface area contributed by atoms with Gasteiger partial charge in [0.2, 0.25) is 5.78 Å². The number of ketones is 1. The Kier molecular flexibility index (Phi) is 3.68. The summed E-state index contributed by atoms with van der Waals surface area (Å²) in [6, 6.07) is 28.6. The number of carbonyl (C=O) groups is 1. The van der Waals surface area contributed by atoms with Crippen molar-refractivity contribution in [1.29, 1.82) is 5.26 Å². The van der Waals surface area contributed by atoms with E-state index < -0.39 is 0 Å². The van der Waals surface area contributed by atoms with E-state index in [1.807, 2.05) is 30.3 Å². The maximum absolute atomic E-state index is 13.2. The fourth-order valence-corrected chi connectivity index (χ4v) is 4.59. The van der Waals surface area contributed by atoms with Crippen LogP contribution >= 0.6 is 0 Å². The molecule has 0 radical (unpaired) electrons. The number of H-pyrrole nitrogens is 1. The highest BCUT2D eigenvalue weighted by molar-refractivity contribution is 6.25. The summed E-state index contributed by atoms with van der Waals surface area (Å²) in [7, 11) is 0. The molecule has 0 saturated heterocycles. The largest absolute Gasteiger partial charge is 0.360 e. The number of benzene rings is 5. The van der Waals surface area contributed by atoms with Crippen LogP contribution in [-0.2, 0) is 0 Å². The van der Waals surface area contributed by atoms with Crippen LogP contribution < -0.4 is 0 Å². The number of hydrogen-bond donors (Lipinski definition) is 1. The maximum Gasteiger partial charge on any atom is 0.205 e. The Hall–Kier alpha value is -4.42. The molecule has 1 aromatic heterocycles. The molecule has 0 amide bonds. The lowest BCUT2D eigenvalue weighted by molar-refractivity contribution is 0.104. The van der Waals surface area contributed by atoms with Gasteiger partial charge >= 0.3 is 0 Å². The standard InChI is InChI=1S/C28H16N2O/c29-15-21(28(31)24-16-30-25-7-2-1-6-23(24)25)14-20-11-10-19-9-8-17-4-3-5-18-12-13-22(20)27(19)26(17)18/h1-14,16,30H/b21-14+. The van der Waals surface area contributed by atoms with Gasteiger partial charge in [0, 0.05) is 22.7 Å². The summed E-state index contributed by atoms with van der Waals surface area (Å²) in [5, 5.41) is 17.6. The fourth-order valence-electron chi connectivity index (χ4n) is 4.59. The average molecular weight is 396 g/mol. The number of para-hydroxylation sites is 1. The van der Waals surface area contributed by atoms with Gasteiger partial charge in [0.1, 0.15) is 11.6 Å². The molecule has 144 valence electrons. The second-order valence-corrected chi connectivity index (χ2v) is 7.76. The molecule has 3 nitrogen and oxygen atoms in total. The summed E-state index contributed by atoms with van der Waals surface area (Å²) >= 11 is 0. The van der Waals surface area contributed by atoms with Crippen molar-refractivity contribution in [2.45, 2.75) is 0 Å². The van der Waals surface area contributed by atoms with Gasteiger partial charge in [-0.1, -0.05) is 72.8 Å². The summed E-state index contributed by atoms with van der Waals surface area (Å²) < 4.78 is 0. The van der Waals surface area contributed by atoms with Gasteiger partial charge in [0.05, 0.1) is 0 Å². The van der Waals surface area contributed by atoms with Crippen LogP contribution in [0.25, 0.3) is 49.3 Å². The van der Waals surface area contributed by atoms with E-state index in [2.05, 4.69) is 59.6 Å². The van der Waals surface area contributed by atoms with E-state index in [9.17, 15) is 10.1 Å². The highest BCUT2D eigenvalue weighted by Gasteiger charge is 2.17. The summed E-state index contributed by atoms with van der Waals surface area (Å²) in [4.78, 5) is 16.3. The Bertz CT molecular complexity index is 1700. The van der Waals surface area contributed by atoms with Crippen LogP contribution in [0.15, 0.2) is 90.6 Å². The number of hydrogen-bond acceptors (Lipinski definition) is 2. The van der Waals surface area contributed by atoms with Crippen LogP contribution in [0.3, 0.4) is 0 Å². The molecule has 0 saturated carbocycles. The Morgan fingerprint density at radius 2 is 1.48 bits per heavy atom. The van der Waals surface area contributed by atoms with Gasteiger partial charge in [0.25, 0.3) is 0 Å². The summed E-state index contributed by atoms with van der Waals surface area (Å²) in [6.07, 6.45) is 3.40. The molecule has 0 aliphatic carbocycles. The summed E-state index contributed by atoms with van der Waals surface area (Å²) in [6.45, 7) is 0. The van der Waals surface area contributed by atoms with Gasteiger partial charge in [-0.2, -0.15) is 5.26 Å². The van der Waals surface area contributed by atoms with Gasteiger partial charge in [-0.05, 0) is 50.0 Å². The molecule has 3 heteroatoms. The third-order valence-electron chi connectivity index (χ3n) is 6.06. The van der Waals surface area contributed by atoms with E-state index in [0.717, 1.165) is 27.2 Å². The van der Waals surface area contributed by atoms with Crippen molar-refractivity contribution in [2.24, 2.45) is 0 Å². The van der Waals surface area contributed by atoms with Crippen LogP contribution in [0.1, 0.15) is 15.9 Å². The Balaban J connectivity index is 1.57. The second-order valence-electron chi connectivity index (χ2n) is 7.76. The van der Waals surface area contributed by atoms with Crippen molar-refractivity contribution in [2.75, 3.05) is 0 Å². The predicted octanol–water partition coefficient (Wildman–Crippen LogP) is 6.86. The van der Waals surface area contributed by atoms with E-state index in [0.29, 0.717) is 5.56 Å². The highest BCUT2D eigenvalue weighted by atomic mass is 16.1. The van der Waals surface area contributed by atoms with Crippen molar-refractivity contribution in [3.63, 3.8) is 0 Å². The summed E-state index contributed by atoms with van der Waals surface area (Å²) in [5.41, 5.74) is 2.39.